The molecule has 2 aromatic heterocycles. The number of methoxy groups -OCH3 is 1. The maximum Gasteiger partial charge on any atom is 0.331 e. The molecular formula is C20H16N2O4S2. The Hall–Kier alpha value is -3.15. The molecule has 0 N–H and O–H groups in total. The lowest BCUT2D eigenvalue weighted by Gasteiger charge is -2.08. The smallest absolute Gasteiger partial charge is 0.331 e. The summed E-state index contributed by atoms with van der Waals surface area (Å²) in [7, 11) is 1.51. The topological polar surface area (TPSA) is 81.4 Å². The lowest BCUT2D eigenvalue weighted by atomic mass is 10.2. The summed E-state index contributed by atoms with van der Waals surface area (Å²) < 4.78 is 15.7. The quantitative estimate of drug-likeness (QED) is 0.399. The summed E-state index contributed by atoms with van der Waals surface area (Å²) in [4.78, 5) is 16.4. The monoisotopic (exact) mass is 412 g/mol. The van der Waals surface area contributed by atoms with E-state index in [4.69, 9.17) is 19.5 Å². The van der Waals surface area contributed by atoms with E-state index in [2.05, 4.69) is 4.98 Å². The Morgan fingerprint density at radius 2 is 2.18 bits per heavy atom. The maximum atomic E-state index is 12.0. The van der Waals surface area contributed by atoms with Crippen LogP contribution in [0.4, 0.5) is 0 Å². The zero-order valence-electron chi connectivity index (χ0n) is 15.0. The lowest BCUT2D eigenvalue weighted by molar-refractivity contribution is -0.139. The molecule has 0 bridgehead atoms. The van der Waals surface area contributed by atoms with Crippen LogP contribution < -0.4 is 9.47 Å². The minimum atomic E-state index is -0.464. The van der Waals surface area contributed by atoms with Gasteiger partial charge in [0.1, 0.15) is 17.7 Å². The third-order valence-corrected chi connectivity index (χ3v) is 5.20. The van der Waals surface area contributed by atoms with E-state index in [0.29, 0.717) is 17.2 Å². The van der Waals surface area contributed by atoms with E-state index in [-0.39, 0.29) is 13.2 Å². The van der Waals surface area contributed by atoms with Crippen molar-refractivity contribution in [2.75, 3.05) is 13.7 Å². The van der Waals surface area contributed by atoms with Gasteiger partial charge in [0.25, 0.3) is 0 Å². The van der Waals surface area contributed by atoms with Crippen molar-refractivity contribution in [2.24, 2.45) is 0 Å². The van der Waals surface area contributed by atoms with Crippen molar-refractivity contribution in [3.8, 4) is 28.1 Å². The Bertz CT molecular complexity index is 1000. The first kappa shape index (κ1) is 19.6. The van der Waals surface area contributed by atoms with E-state index < -0.39 is 5.97 Å². The molecule has 3 rings (SSSR count). The Balaban J connectivity index is 1.56. The number of hydrogen-bond donors (Lipinski definition) is 0. The average Bonchev–Trinajstić information content (AvgIpc) is 3.41. The number of benzene rings is 1. The summed E-state index contributed by atoms with van der Waals surface area (Å²) in [5, 5.41) is 15.4. The van der Waals surface area contributed by atoms with Crippen molar-refractivity contribution in [1.82, 2.24) is 4.98 Å². The average molecular weight is 412 g/mol. The highest BCUT2D eigenvalue weighted by molar-refractivity contribution is 7.14. The van der Waals surface area contributed by atoms with E-state index in [1.54, 1.807) is 35.6 Å². The molecule has 3 aromatic rings. The number of thiophene rings is 1. The first-order valence-electron chi connectivity index (χ1n) is 8.19. The Morgan fingerprint density at radius 3 is 2.93 bits per heavy atom. The Morgan fingerprint density at radius 1 is 1.29 bits per heavy atom. The second kappa shape index (κ2) is 9.69. The van der Waals surface area contributed by atoms with Gasteiger partial charge in [0.2, 0.25) is 0 Å². The van der Waals surface area contributed by atoms with Crippen LogP contribution in [0.1, 0.15) is 11.3 Å². The highest BCUT2D eigenvalue weighted by atomic mass is 32.1. The van der Waals surface area contributed by atoms with Gasteiger partial charge in [-0.25, -0.2) is 9.78 Å². The third-order valence-electron chi connectivity index (χ3n) is 3.57. The van der Waals surface area contributed by atoms with Crippen LogP contribution in [0.5, 0.6) is 11.5 Å². The van der Waals surface area contributed by atoms with Gasteiger partial charge in [0.05, 0.1) is 12.8 Å². The summed E-state index contributed by atoms with van der Waals surface area (Å²) in [5.41, 5.74) is 2.53. The van der Waals surface area contributed by atoms with Crippen LogP contribution in [0.3, 0.4) is 0 Å². The summed E-state index contributed by atoms with van der Waals surface area (Å²) in [6.45, 7) is 0.0523. The summed E-state index contributed by atoms with van der Waals surface area (Å²) in [6.07, 6.45) is 2.97. The molecule has 0 saturated heterocycles. The molecule has 0 atom stereocenters. The maximum absolute atomic E-state index is 12.0. The largest absolute Gasteiger partial charge is 0.493 e. The number of nitriles is 1. The number of hydrogen-bond acceptors (Lipinski definition) is 8. The normalized spacial score (nSPS) is 10.6. The van der Waals surface area contributed by atoms with Crippen molar-refractivity contribution in [3.05, 3.63) is 57.7 Å². The number of ether oxygens (including phenoxy) is 3. The molecule has 1 aromatic carbocycles. The van der Waals surface area contributed by atoms with Crippen LogP contribution in [0.15, 0.2) is 46.5 Å². The van der Waals surface area contributed by atoms with E-state index in [0.717, 1.165) is 16.1 Å². The van der Waals surface area contributed by atoms with E-state index in [1.807, 2.05) is 28.3 Å². The van der Waals surface area contributed by atoms with E-state index in [9.17, 15) is 4.79 Å². The van der Waals surface area contributed by atoms with Crippen LogP contribution in [-0.4, -0.2) is 24.7 Å². The van der Waals surface area contributed by atoms with Crippen molar-refractivity contribution in [2.45, 2.75) is 6.61 Å². The minimum Gasteiger partial charge on any atom is -0.493 e. The van der Waals surface area contributed by atoms with Crippen LogP contribution in [0.25, 0.3) is 16.6 Å². The minimum absolute atomic E-state index is 0.0669. The molecule has 0 amide bonds. The van der Waals surface area contributed by atoms with Crippen LogP contribution in [0, 0.1) is 11.3 Å². The molecule has 0 spiro atoms. The zero-order valence-corrected chi connectivity index (χ0v) is 16.6. The summed E-state index contributed by atoms with van der Waals surface area (Å²) >= 11 is 3.14. The molecule has 0 radical (unpaired) electrons. The molecule has 8 heteroatoms. The first-order chi connectivity index (χ1) is 13.7. The molecule has 0 fully saturated rings. The lowest BCUT2D eigenvalue weighted by Crippen LogP contribution is -2.01. The van der Waals surface area contributed by atoms with E-state index >= 15 is 0 Å². The molecule has 6 nitrogen and oxygen atoms in total. The number of carbonyl (C=O) groups excluding carboxylic acids is 1. The first-order valence-corrected chi connectivity index (χ1v) is 10.0. The third kappa shape index (κ3) is 5.19. The molecule has 0 aliphatic carbocycles. The molecular weight excluding hydrogens is 396 g/mol. The summed E-state index contributed by atoms with van der Waals surface area (Å²) in [6, 6.07) is 9.06. The van der Waals surface area contributed by atoms with Crippen molar-refractivity contribution < 1.29 is 19.0 Å². The van der Waals surface area contributed by atoms with Gasteiger partial charge in [0, 0.05) is 22.4 Å². The fourth-order valence-corrected chi connectivity index (χ4v) is 3.78. The molecule has 0 aliphatic heterocycles. The molecule has 2 heterocycles. The van der Waals surface area contributed by atoms with Gasteiger partial charge >= 0.3 is 5.97 Å². The predicted molar refractivity (Wildman–Crippen MR) is 108 cm³/mol. The van der Waals surface area contributed by atoms with Gasteiger partial charge in [-0.2, -0.15) is 16.6 Å². The second-order valence-electron chi connectivity index (χ2n) is 5.45. The zero-order chi connectivity index (χ0) is 19.8. The Kier molecular flexibility index (Phi) is 6.78. The van der Waals surface area contributed by atoms with Crippen molar-refractivity contribution >= 4 is 34.7 Å². The predicted octanol–water partition coefficient (Wildman–Crippen LogP) is 4.54. The van der Waals surface area contributed by atoms with Gasteiger partial charge in [-0.1, -0.05) is 6.07 Å². The standard InChI is InChI=1S/C20H16N2O4S2/c1-24-18-10-14(2-4-17(18)25-8-7-21)3-5-19(23)26-11-16-13-28-20(22-16)15-6-9-27-12-15/h2-6,9-10,12-13H,8,11H2,1H3/b5-3+. The van der Waals surface area contributed by atoms with Crippen LogP contribution in [-0.2, 0) is 16.1 Å². The number of nitrogens with zero attached hydrogens (tertiary/aromatic N) is 2. The van der Waals surface area contributed by atoms with Gasteiger partial charge in [-0.3, -0.25) is 0 Å². The molecule has 142 valence electrons. The van der Waals surface area contributed by atoms with Gasteiger partial charge in [-0.05, 0) is 35.2 Å². The second-order valence-corrected chi connectivity index (χ2v) is 7.09. The molecule has 0 saturated carbocycles. The summed E-state index contributed by atoms with van der Waals surface area (Å²) in [5.74, 6) is 0.483. The van der Waals surface area contributed by atoms with Crippen molar-refractivity contribution in [1.29, 1.82) is 5.26 Å². The number of carbonyl (C=O) groups is 1. The van der Waals surface area contributed by atoms with Crippen molar-refractivity contribution in [3.63, 3.8) is 0 Å². The molecule has 0 aliphatic rings. The fourth-order valence-electron chi connectivity index (χ4n) is 2.27. The number of rotatable bonds is 8. The van der Waals surface area contributed by atoms with Gasteiger partial charge < -0.3 is 14.2 Å². The van der Waals surface area contributed by atoms with Crippen LogP contribution >= 0.6 is 22.7 Å². The SMILES string of the molecule is COc1cc(/C=C/C(=O)OCc2csc(-c3ccsc3)n2)ccc1OCC#N. The highest BCUT2D eigenvalue weighted by Crippen LogP contribution is 2.28. The van der Waals surface area contributed by atoms with E-state index in [1.165, 1.54) is 24.5 Å². The number of aromatic nitrogens is 1. The van der Waals surface area contributed by atoms with Gasteiger partial charge in [0.15, 0.2) is 18.1 Å². The van der Waals surface area contributed by atoms with Crippen LogP contribution in [0.2, 0.25) is 0 Å². The fraction of sp³-hybridized carbons (Fsp3) is 0.150. The number of thiazole rings is 1. The van der Waals surface area contributed by atoms with Gasteiger partial charge in [-0.15, -0.1) is 11.3 Å². The number of esters is 1. The highest BCUT2D eigenvalue weighted by Gasteiger charge is 2.08. The Labute approximate surface area is 170 Å². The molecule has 0 unspecified atom stereocenters. The molecule has 28 heavy (non-hydrogen) atoms.